The Morgan fingerprint density at radius 3 is 2.74 bits per heavy atom. The molecule has 0 bridgehead atoms. The number of aryl methyl sites for hydroxylation is 1. The van der Waals surface area contributed by atoms with Gasteiger partial charge in [-0.1, -0.05) is 31.2 Å². The summed E-state index contributed by atoms with van der Waals surface area (Å²) in [6.07, 6.45) is 6.26. The van der Waals surface area contributed by atoms with Crippen molar-refractivity contribution in [3.05, 3.63) is 81.7 Å². The van der Waals surface area contributed by atoms with Gasteiger partial charge in [0.2, 0.25) is 0 Å². The van der Waals surface area contributed by atoms with E-state index in [4.69, 9.17) is 17.0 Å². The molecule has 0 radical (unpaired) electrons. The lowest BCUT2D eigenvalue weighted by Gasteiger charge is -2.17. The quantitative estimate of drug-likeness (QED) is 0.401. The zero-order valence-electron chi connectivity index (χ0n) is 17.1. The molecule has 2 heterocycles. The number of hydrogen-bond acceptors (Lipinski definition) is 4. The van der Waals surface area contributed by atoms with Crippen LogP contribution >= 0.6 is 28.1 Å². The van der Waals surface area contributed by atoms with Crippen molar-refractivity contribution in [3.63, 3.8) is 0 Å². The molecule has 31 heavy (non-hydrogen) atoms. The standard InChI is InChI=1S/C23H21BrN4O2S/c1-3-16-6-4-5-7-20(16)28-22(29)19(26-23(28)31)11-15-8-9-21(30-2)17(10-15)13-27-14-18(24)12-25-27/h4-12,14H,3,13H2,1-2H3,(H,26,31)/b19-11+. The summed E-state index contributed by atoms with van der Waals surface area (Å²) in [6, 6.07) is 13.6. The van der Waals surface area contributed by atoms with E-state index in [0.717, 1.165) is 39.0 Å². The van der Waals surface area contributed by atoms with Gasteiger partial charge in [-0.3, -0.25) is 14.4 Å². The SMILES string of the molecule is CCc1ccccc1N1C(=O)/C(=C\c2ccc(OC)c(Cn3cc(Br)cn3)c2)NC1=S. The fourth-order valence-electron chi connectivity index (χ4n) is 3.56. The third-order valence-electron chi connectivity index (χ3n) is 5.04. The van der Waals surface area contributed by atoms with Crippen molar-refractivity contribution in [2.45, 2.75) is 19.9 Å². The number of nitrogens with zero attached hydrogens (tertiary/aromatic N) is 3. The number of anilines is 1. The lowest BCUT2D eigenvalue weighted by Crippen LogP contribution is -2.31. The van der Waals surface area contributed by atoms with Crippen molar-refractivity contribution >= 4 is 50.9 Å². The van der Waals surface area contributed by atoms with Crippen LogP contribution in [0.1, 0.15) is 23.6 Å². The van der Waals surface area contributed by atoms with Gasteiger partial charge in [0.1, 0.15) is 11.4 Å². The summed E-state index contributed by atoms with van der Waals surface area (Å²) in [6.45, 7) is 2.60. The van der Waals surface area contributed by atoms with E-state index in [2.05, 4.69) is 33.3 Å². The Hall–Kier alpha value is -2.97. The molecule has 0 spiro atoms. The maximum absolute atomic E-state index is 13.2. The van der Waals surface area contributed by atoms with Crippen LogP contribution in [0.5, 0.6) is 5.75 Å². The molecule has 158 valence electrons. The molecule has 1 saturated heterocycles. The molecule has 0 atom stereocenters. The van der Waals surface area contributed by atoms with Crippen molar-refractivity contribution in [2.24, 2.45) is 0 Å². The van der Waals surface area contributed by atoms with E-state index in [1.165, 1.54) is 0 Å². The highest BCUT2D eigenvalue weighted by atomic mass is 79.9. The van der Waals surface area contributed by atoms with Gasteiger partial charge in [-0.15, -0.1) is 0 Å². The minimum Gasteiger partial charge on any atom is -0.496 e. The third kappa shape index (κ3) is 4.40. The first-order chi connectivity index (χ1) is 15.0. The smallest absolute Gasteiger partial charge is 0.281 e. The second-order valence-corrected chi connectivity index (χ2v) is 8.34. The molecule has 0 unspecified atom stereocenters. The maximum Gasteiger partial charge on any atom is 0.281 e. The molecule has 6 nitrogen and oxygen atoms in total. The van der Waals surface area contributed by atoms with E-state index in [1.807, 2.05) is 59.4 Å². The lowest BCUT2D eigenvalue weighted by molar-refractivity contribution is -0.113. The monoisotopic (exact) mass is 496 g/mol. The predicted molar refractivity (Wildman–Crippen MR) is 129 cm³/mol. The highest BCUT2D eigenvalue weighted by Gasteiger charge is 2.32. The molecule has 1 N–H and O–H groups in total. The van der Waals surface area contributed by atoms with Crippen LogP contribution in [0.2, 0.25) is 0 Å². The van der Waals surface area contributed by atoms with Crippen molar-refractivity contribution in [2.75, 3.05) is 12.0 Å². The first-order valence-electron chi connectivity index (χ1n) is 9.80. The Morgan fingerprint density at radius 2 is 2.03 bits per heavy atom. The predicted octanol–water partition coefficient (Wildman–Crippen LogP) is 4.53. The summed E-state index contributed by atoms with van der Waals surface area (Å²) in [7, 11) is 1.64. The molecule has 1 aliphatic rings. The van der Waals surface area contributed by atoms with Crippen LogP contribution in [0.25, 0.3) is 6.08 Å². The Morgan fingerprint density at radius 1 is 1.23 bits per heavy atom. The number of nitrogens with one attached hydrogen (secondary N) is 1. The second kappa shape index (κ2) is 9.03. The second-order valence-electron chi connectivity index (χ2n) is 7.04. The zero-order valence-corrected chi connectivity index (χ0v) is 19.5. The number of hydrogen-bond donors (Lipinski definition) is 1. The minimum absolute atomic E-state index is 0.167. The molecule has 8 heteroatoms. The van der Waals surface area contributed by atoms with Crippen molar-refractivity contribution < 1.29 is 9.53 Å². The summed E-state index contributed by atoms with van der Waals surface area (Å²) in [5, 5.41) is 7.76. The summed E-state index contributed by atoms with van der Waals surface area (Å²) in [4.78, 5) is 14.7. The minimum atomic E-state index is -0.167. The Bertz CT molecular complexity index is 1190. The van der Waals surface area contributed by atoms with Gasteiger partial charge in [-0.2, -0.15) is 5.10 Å². The van der Waals surface area contributed by atoms with Crippen molar-refractivity contribution in [3.8, 4) is 5.75 Å². The van der Waals surface area contributed by atoms with E-state index >= 15 is 0 Å². The molecule has 1 amide bonds. The number of ether oxygens (including phenoxy) is 1. The van der Waals surface area contributed by atoms with Gasteiger partial charge in [-0.05, 0) is 70.0 Å². The molecule has 1 aromatic heterocycles. The van der Waals surface area contributed by atoms with Crippen molar-refractivity contribution in [1.29, 1.82) is 0 Å². The normalized spacial score (nSPS) is 14.9. The topological polar surface area (TPSA) is 59.4 Å². The molecule has 4 rings (SSSR count). The van der Waals surface area contributed by atoms with Gasteiger partial charge in [0.15, 0.2) is 5.11 Å². The van der Waals surface area contributed by atoms with Gasteiger partial charge in [0.05, 0.1) is 30.0 Å². The van der Waals surface area contributed by atoms with Crippen LogP contribution in [0, 0.1) is 0 Å². The summed E-state index contributed by atoms with van der Waals surface area (Å²) in [5.74, 6) is 0.591. The van der Waals surface area contributed by atoms with E-state index in [1.54, 1.807) is 18.2 Å². The van der Waals surface area contributed by atoms with E-state index in [-0.39, 0.29) is 5.91 Å². The molecule has 1 fully saturated rings. The van der Waals surface area contributed by atoms with E-state index in [9.17, 15) is 4.79 Å². The highest BCUT2D eigenvalue weighted by Crippen LogP contribution is 2.28. The van der Waals surface area contributed by atoms with Crippen LogP contribution in [-0.4, -0.2) is 27.9 Å². The number of carbonyl (C=O) groups is 1. The van der Waals surface area contributed by atoms with Crippen LogP contribution in [0.15, 0.2) is 65.0 Å². The first kappa shape index (κ1) is 21.3. The molecule has 0 aliphatic carbocycles. The third-order valence-corrected chi connectivity index (χ3v) is 5.74. The molecule has 1 aliphatic heterocycles. The molecular weight excluding hydrogens is 476 g/mol. The Labute approximate surface area is 194 Å². The largest absolute Gasteiger partial charge is 0.496 e. The summed E-state index contributed by atoms with van der Waals surface area (Å²) < 4.78 is 8.23. The van der Waals surface area contributed by atoms with Gasteiger partial charge in [0.25, 0.3) is 5.91 Å². The zero-order chi connectivity index (χ0) is 22.0. The summed E-state index contributed by atoms with van der Waals surface area (Å²) in [5.41, 5.74) is 4.14. The van der Waals surface area contributed by atoms with Gasteiger partial charge in [-0.25, -0.2) is 0 Å². The van der Waals surface area contributed by atoms with Crippen molar-refractivity contribution in [1.82, 2.24) is 15.1 Å². The van der Waals surface area contributed by atoms with Gasteiger partial charge in [0, 0.05) is 11.8 Å². The highest BCUT2D eigenvalue weighted by molar-refractivity contribution is 9.10. The van der Waals surface area contributed by atoms with Crippen LogP contribution < -0.4 is 15.0 Å². The first-order valence-corrected chi connectivity index (χ1v) is 11.0. The number of aromatic nitrogens is 2. The Kier molecular flexibility index (Phi) is 6.20. The maximum atomic E-state index is 13.2. The fourth-order valence-corrected chi connectivity index (χ4v) is 4.18. The van der Waals surface area contributed by atoms with Gasteiger partial charge < -0.3 is 10.1 Å². The van der Waals surface area contributed by atoms with Crippen LogP contribution in [0.3, 0.4) is 0 Å². The lowest BCUT2D eigenvalue weighted by atomic mass is 10.1. The average molecular weight is 497 g/mol. The number of thiocarbonyl (C=S) groups is 1. The Balaban J connectivity index is 1.65. The number of rotatable bonds is 6. The fraction of sp³-hybridized carbons (Fsp3) is 0.174. The van der Waals surface area contributed by atoms with Crippen LogP contribution in [0.4, 0.5) is 5.69 Å². The number of carbonyl (C=O) groups excluding carboxylic acids is 1. The van der Waals surface area contributed by atoms with E-state index in [0.29, 0.717) is 17.4 Å². The molecule has 2 aromatic carbocycles. The number of halogens is 1. The van der Waals surface area contributed by atoms with Gasteiger partial charge >= 0.3 is 0 Å². The van der Waals surface area contributed by atoms with Crippen LogP contribution in [-0.2, 0) is 17.8 Å². The molecule has 0 saturated carbocycles. The van der Waals surface area contributed by atoms with E-state index < -0.39 is 0 Å². The number of amides is 1. The number of methoxy groups -OCH3 is 1. The average Bonchev–Trinajstić information content (AvgIpc) is 3.30. The number of benzene rings is 2. The summed E-state index contributed by atoms with van der Waals surface area (Å²) >= 11 is 8.89. The number of para-hydroxylation sites is 1. The molecular formula is C23H21BrN4O2S. The molecule has 3 aromatic rings.